The van der Waals surface area contributed by atoms with Crippen molar-refractivity contribution >= 4 is 31.8 Å². The van der Waals surface area contributed by atoms with Crippen LogP contribution in [0.1, 0.15) is 11.1 Å². The summed E-state index contributed by atoms with van der Waals surface area (Å²) in [6.07, 6.45) is 4.10. The topological polar surface area (TPSA) is 71.1 Å². The van der Waals surface area contributed by atoms with E-state index in [1.165, 1.54) is 18.6 Å². The molecule has 1 heterocycles. The lowest BCUT2D eigenvalue weighted by Gasteiger charge is -2.03. The molecule has 20 heavy (non-hydrogen) atoms. The molecule has 102 valence electrons. The quantitative estimate of drug-likeness (QED) is 0.790. The van der Waals surface area contributed by atoms with Gasteiger partial charge in [0.1, 0.15) is 11.0 Å². The first kappa shape index (κ1) is 14.6. The van der Waals surface area contributed by atoms with Crippen molar-refractivity contribution in [1.29, 1.82) is 5.26 Å². The van der Waals surface area contributed by atoms with E-state index in [0.29, 0.717) is 11.1 Å². The Balaban J connectivity index is 2.32. The van der Waals surface area contributed by atoms with Crippen LogP contribution < -0.4 is 0 Å². The van der Waals surface area contributed by atoms with Crippen LogP contribution in [0.25, 0.3) is 6.08 Å². The molecule has 0 saturated heterocycles. The maximum absolute atomic E-state index is 12.2. The predicted molar refractivity (Wildman–Crippen MR) is 79.1 cm³/mol. The Bertz CT molecular complexity index is 771. The molecule has 0 radical (unpaired) electrons. The smallest absolute Gasteiger partial charge is 0.192 e. The number of hydrogen-bond acceptors (Lipinski definition) is 4. The van der Waals surface area contributed by atoms with Gasteiger partial charge < -0.3 is 4.42 Å². The molecule has 0 unspecified atom stereocenters. The Morgan fingerprint density at radius 1 is 1.40 bits per heavy atom. The van der Waals surface area contributed by atoms with Gasteiger partial charge in [0.25, 0.3) is 0 Å². The standard InChI is InChI=1S/C14H10BrNO3S/c15-13-3-1-2-12(6-13)10-20(17,18)14(8-16)7-11-4-5-19-9-11/h1-7,9H,10H2/b14-7-. The van der Waals surface area contributed by atoms with Gasteiger partial charge in [0.15, 0.2) is 9.84 Å². The molecule has 0 amide bonds. The van der Waals surface area contributed by atoms with E-state index in [9.17, 15) is 8.42 Å². The van der Waals surface area contributed by atoms with Crippen molar-refractivity contribution in [2.45, 2.75) is 5.75 Å². The number of rotatable bonds is 4. The fourth-order valence-corrected chi connectivity index (χ4v) is 3.30. The summed E-state index contributed by atoms with van der Waals surface area (Å²) in [6, 6.07) is 10.3. The van der Waals surface area contributed by atoms with E-state index in [1.54, 1.807) is 30.3 Å². The van der Waals surface area contributed by atoms with Crippen LogP contribution in [0.4, 0.5) is 0 Å². The molecule has 6 heteroatoms. The highest BCUT2D eigenvalue weighted by molar-refractivity contribution is 9.10. The number of hydrogen-bond donors (Lipinski definition) is 0. The largest absolute Gasteiger partial charge is 0.472 e. The van der Waals surface area contributed by atoms with Gasteiger partial charge in [-0.3, -0.25) is 0 Å². The van der Waals surface area contributed by atoms with E-state index < -0.39 is 9.84 Å². The van der Waals surface area contributed by atoms with E-state index in [-0.39, 0.29) is 10.7 Å². The summed E-state index contributed by atoms with van der Waals surface area (Å²) in [5.41, 5.74) is 1.16. The van der Waals surface area contributed by atoms with E-state index in [1.807, 2.05) is 6.07 Å². The van der Waals surface area contributed by atoms with Crippen LogP contribution in [0.5, 0.6) is 0 Å². The Hall–Kier alpha value is -1.84. The molecule has 0 aliphatic rings. The molecule has 0 N–H and O–H groups in total. The highest BCUT2D eigenvalue weighted by atomic mass is 79.9. The summed E-state index contributed by atoms with van der Waals surface area (Å²) in [5, 5.41) is 9.06. The Kier molecular flexibility index (Phi) is 4.42. The number of sulfone groups is 1. The fourth-order valence-electron chi connectivity index (χ4n) is 1.62. The molecular formula is C14H10BrNO3S. The summed E-state index contributed by atoms with van der Waals surface area (Å²) in [5.74, 6) is -0.219. The SMILES string of the molecule is N#C/C(=C/c1ccoc1)S(=O)(=O)Cc1cccc(Br)c1. The lowest BCUT2D eigenvalue weighted by atomic mass is 10.2. The number of halogens is 1. The zero-order valence-corrected chi connectivity index (χ0v) is 12.7. The molecule has 0 bridgehead atoms. The third-order valence-electron chi connectivity index (χ3n) is 2.53. The molecule has 0 spiro atoms. The number of allylic oxidation sites excluding steroid dienone is 1. The molecule has 0 atom stereocenters. The van der Waals surface area contributed by atoms with Gasteiger partial charge in [0.05, 0.1) is 18.3 Å². The van der Waals surface area contributed by atoms with Crippen LogP contribution in [0.2, 0.25) is 0 Å². The first-order valence-electron chi connectivity index (χ1n) is 5.62. The van der Waals surface area contributed by atoms with Crippen LogP contribution in [-0.2, 0) is 15.6 Å². The summed E-state index contributed by atoms with van der Waals surface area (Å²) in [7, 11) is -3.68. The Labute approximate surface area is 125 Å². The van der Waals surface area contributed by atoms with Crippen LogP contribution in [-0.4, -0.2) is 8.42 Å². The molecule has 4 nitrogen and oxygen atoms in total. The normalized spacial score (nSPS) is 12.1. The lowest BCUT2D eigenvalue weighted by molar-refractivity contribution is 0.567. The molecule has 2 rings (SSSR count). The molecule has 1 aromatic heterocycles. The highest BCUT2D eigenvalue weighted by Gasteiger charge is 2.19. The average Bonchev–Trinajstić information content (AvgIpc) is 2.88. The maximum Gasteiger partial charge on any atom is 0.192 e. The minimum absolute atomic E-state index is 0.219. The second-order valence-electron chi connectivity index (χ2n) is 4.07. The summed E-state index contributed by atoms with van der Waals surface area (Å²) in [4.78, 5) is -0.279. The third-order valence-corrected chi connectivity index (χ3v) is 4.62. The van der Waals surface area contributed by atoms with Crippen molar-refractivity contribution in [3.8, 4) is 6.07 Å². The third kappa shape index (κ3) is 3.59. The van der Waals surface area contributed by atoms with E-state index in [0.717, 1.165) is 4.47 Å². The van der Waals surface area contributed by atoms with Crippen LogP contribution in [0.3, 0.4) is 0 Å². The molecule has 0 aliphatic carbocycles. The van der Waals surface area contributed by atoms with Crippen molar-refractivity contribution in [2.75, 3.05) is 0 Å². The van der Waals surface area contributed by atoms with Gasteiger partial charge in [-0.25, -0.2) is 8.42 Å². The monoisotopic (exact) mass is 351 g/mol. The zero-order valence-electron chi connectivity index (χ0n) is 10.3. The van der Waals surface area contributed by atoms with Crippen molar-refractivity contribution < 1.29 is 12.8 Å². The molecule has 0 fully saturated rings. The minimum atomic E-state index is -3.68. The van der Waals surface area contributed by atoms with Crippen LogP contribution in [0.15, 0.2) is 56.7 Å². The number of nitriles is 1. The Morgan fingerprint density at radius 2 is 2.20 bits per heavy atom. The summed E-state index contributed by atoms with van der Waals surface area (Å²) >= 11 is 3.29. The van der Waals surface area contributed by atoms with Crippen molar-refractivity contribution in [3.63, 3.8) is 0 Å². The van der Waals surface area contributed by atoms with E-state index >= 15 is 0 Å². The van der Waals surface area contributed by atoms with Gasteiger partial charge in [-0.2, -0.15) is 5.26 Å². The van der Waals surface area contributed by atoms with Crippen molar-refractivity contribution in [1.82, 2.24) is 0 Å². The number of benzene rings is 1. The van der Waals surface area contributed by atoms with Gasteiger partial charge >= 0.3 is 0 Å². The first-order chi connectivity index (χ1) is 9.51. The molecule has 0 aliphatic heterocycles. The number of nitrogens with zero attached hydrogens (tertiary/aromatic N) is 1. The zero-order chi connectivity index (χ0) is 14.6. The molecule has 0 saturated carbocycles. The average molecular weight is 352 g/mol. The van der Waals surface area contributed by atoms with E-state index in [2.05, 4.69) is 15.9 Å². The second-order valence-corrected chi connectivity index (χ2v) is 6.94. The van der Waals surface area contributed by atoms with Crippen LogP contribution >= 0.6 is 15.9 Å². The first-order valence-corrected chi connectivity index (χ1v) is 8.07. The van der Waals surface area contributed by atoms with Gasteiger partial charge in [-0.15, -0.1) is 0 Å². The lowest BCUT2D eigenvalue weighted by Crippen LogP contribution is -2.06. The van der Waals surface area contributed by atoms with Crippen molar-refractivity contribution in [2.24, 2.45) is 0 Å². The van der Waals surface area contributed by atoms with Crippen molar-refractivity contribution in [3.05, 3.63) is 63.4 Å². The second kappa shape index (κ2) is 6.07. The summed E-state index contributed by atoms with van der Waals surface area (Å²) in [6.45, 7) is 0. The maximum atomic E-state index is 12.2. The summed E-state index contributed by atoms with van der Waals surface area (Å²) < 4.78 is 30.1. The predicted octanol–water partition coefficient (Wildman–Crippen LogP) is 3.52. The van der Waals surface area contributed by atoms with Gasteiger partial charge in [0, 0.05) is 10.0 Å². The van der Waals surface area contributed by atoms with E-state index in [4.69, 9.17) is 9.68 Å². The molecule has 2 aromatic rings. The van der Waals surface area contributed by atoms with Crippen LogP contribution in [0, 0.1) is 11.3 Å². The highest BCUT2D eigenvalue weighted by Crippen LogP contribution is 2.19. The molecule has 1 aromatic carbocycles. The van der Waals surface area contributed by atoms with Gasteiger partial charge in [-0.05, 0) is 29.8 Å². The van der Waals surface area contributed by atoms with Gasteiger partial charge in [-0.1, -0.05) is 28.1 Å². The minimum Gasteiger partial charge on any atom is -0.472 e. The molecular weight excluding hydrogens is 342 g/mol. The van der Waals surface area contributed by atoms with Gasteiger partial charge in [0.2, 0.25) is 0 Å². The fraction of sp³-hybridized carbons (Fsp3) is 0.0714. The Morgan fingerprint density at radius 3 is 2.80 bits per heavy atom. The number of furan rings is 1.